The molecule has 0 aliphatic carbocycles. The molecule has 2 aromatic rings. The Morgan fingerprint density at radius 3 is 2.50 bits per heavy atom. The van der Waals surface area contributed by atoms with Gasteiger partial charge in [0, 0.05) is 0 Å². The van der Waals surface area contributed by atoms with Crippen LogP contribution in [0.5, 0.6) is 0 Å². The highest BCUT2D eigenvalue weighted by Crippen LogP contribution is 2.27. The number of ketones is 1. The number of Topliss-reactive ketones (excluding diaryl/α,β-unsaturated/α-hetero) is 1. The van der Waals surface area contributed by atoms with Crippen molar-refractivity contribution in [2.45, 2.75) is 19.8 Å². The van der Waals surface area contributed by atoms with Crippen molar-refractivity contribution >= 4 is 17.1 Å². The van der Waals surface area contributed by atoms with Gasteiger partial charge in [-0.3, -0.25) is 4.79 Å². The molecular weight excluding hydrogens is 242 g/mol. The average molecular weight is 255 g/mol. The molecule has 0 spiro atoms. The minimum atomic E-state index is -0.705. The molecule has 90 valence electrons. The van der Waals surface area contributed by atoms with Gasteiger partial charge in [-0.25, -0.2) is 0 Å². The fourth-order valence-corrected chi connectivity index (χ4v) is 2.83. The Labute approximate surface area is 111 Å². The normalized spacial score (nSPS) is 11.8. The van der Waals surface area contributed by atoms with Crippen LogP contribution in [-0.2, 0) is 0 Å². The van der Waals surface area contributed by atoms with Crippen molar-refractivity contribution in [3.8, 4) is 6.07 Å². The number of carbonyl (C=O) groups is 1. The summed E-state index contributed by atoms with van der Waals surface area (Å²) in [4.78, 5) is 13.1. The van der Waals surface area contributed by atoms with Crippen LogP contribution < -0.4 is 0 Å². The number of carbonyl (C=O) groups excluding carboxylic acids is 1. The molecule has 1 aromatic heterocycles. The maximum Gasteiger partial charge on any atom is 0.194 e. The Bertz CT molecular complexity index is 621. The first-order chi connectivity index (χ1) is 8.65. The van der Waals surface area contributed by atoms with Gasteiger partial charge < -0.3 is 0 Å². The molecule has 0 N–H and O–H groups in total. The summed E-state index contributed by atoms with van der Waals surface area (Å²) >= 11 is 1.40. The van der Waals surface area contributed by atoms with Gasteiger partial charge in [0.25, 0.3) is 0 Å². The third kappa shape index (κ3) is 2.20. The van der Waals surface area contributed by atoms with E-state index in [-0.39, 0.29) is 5.78 Å². The highest BCUT2D eigenvalue weighted by Gasteiger charge is 2.24. The standard InChI is InChI=1S/C15H13NOS/c1-10-5-3-4-6-12(10)13(9-16)14(17)15-11(2)7-8-18-15/h3-8,13H,1-2H3. The molecular formula is C15H13NOS. The van der Waals surface area contributed by atoms with Gasteiger partial charge in [-0.15, -0.1) is 11.3 Å². The maximum absolute atomic E-state index is 12.4. The smallest absolute Gasteiger partial charge is 0.194 e. The highest BCUT2D eigenvalue weighted by molar-refractivity contribution is 7.12. The molecule has 1 unspecified atom stereocenters. The van der Waals surface area contributed by atoms with Crippen LogP contribution >= 0.6 is 11.3 Å². The number of nitrogens with zero attached hydrogens (tertiary/aromatic N) is 1. The Morgan fingerprint density at radius 1 is 1.22 bits per heavy atom. The van der Waals surface area contributed by atoms with Crippen LogP contribution in [0.15, 0.2) is 35.7 Å². The molecule has 0 aliphatic heterocycles. The van der Waals surface area contributed by atoms with Gasteiger partial charge in [0.2, 0.25) is 0 Å². The van der Waals surface area contributed by atoms with Crippen molar-refractivity contribution < 1.29 is 4.79 Å². The van der Waals surface area contributed by atoms with Gasteiger partial charge in [0.15, 0.2) is 5.78 Å². The van der Waals surface area contributed by atoms with Crippen molar-refractivity contribution in [3.63, 3.8) is 0 Å². The lowest BCUT2D eigenvalue weighted by atomic mass is 9.91. The second-order valence-corrected chi connectivity index (χ2v) is 5.13. The summed E-state index contributed by atoms with van der Waals surface area (Å²) in [5.74, 6) is -0.803. The Balaban J connectivity index is 2.43. The van der Waals surface area contributed by atoms with Crippen LogP contribution in [0, 0.1) is 25.2 Å². The van der Waals surface area contributed by atoms with E-state index >= 15 is 0 Å². The maximum atomic E-state index is 12.4. The first kappa shape index (κ1) is 12.5. The van der Waals surface area contributed by atoms with E-state index in [0.29, 0.717) is 4.88 Å². The average Bonchev–Trinajstić information content (AvgIpc) is 2.78. The van der Waals surface area contributed by atoms with E-state index in [4.69, 9.17) is 0 Å². The van der Waals surface area contributed by atoms with Crippen LogP contribution in [0.3, 0.4) is 0 Å². The summed E-state index contributed by atoms with van der Waals surface area (Å²) < 4.78 is 0. The summed E-state index contributed by atoms with van der Waals surface area (Å²) in [6.07, 6.45) is 0. The van der Waals surface area contributed by atoms with E-state index in [9.17, 15) is 10.1 Å². The molecule has 0 amide bonds. The Kier molecular flexibility index (Phi) is 3.59. The number of aryl methyl sites for hydroxylation is 2. The number of thiophene rings is 1. The van der Waals surface area contributed by atoms with Crippen LogP contribution in [0.25, 0.3) is 0 Å². The molecule has 2 rings (SSSR count). The van der Waals surface area contributed by atoms with Crippen molar-refractivity contribution in [1.29, 1.82) is 5.26 Å². The van der Waals surface area contributed by atoms with Crippen molar-refractivity contribution in [3.05, 3.63) is 57.3 Å². The largest absolute Gasteiger partial charge is 0.291 e. The van der Waals surface area contributed by atoms with Crippen LogP contribution in [0.1, 0.15) is 32.3 Å². The monoisotopic (exact) mass is 255 g/mol. The molecule has 0 saturated carbocycles. The fraction of sp³-hybridized carbons (Fsp3) is 0.200. The van der Waals surface area contributed by atoms with E-state index in [2.05, 4.69) is 6.07 Å². The highest BCUT2D eigenvalue weighted by atomic mass is 32.1. The zero-order valence-electron chi connectivity index (χ0n) is 10.3. The van der Waals surface area contributed by atoms with Gasteiger partial charge >= 0.3 is 0 Å². The van der Waals surface area contributed by atoms with Gasteiger partial charge in [-0.2, -0.15) is 5.26 Å². The lowest BCUT2D eigenvalue weighted by molar-refractivity contribution is 0.0982. The summed E-state index contributed by atoms with van der Waals surface area (Å²) in [6.45, 7) is 3.82. The summed E-state index contributed by atoms with van der Waals surface area (Å²) in [5, 5.41) is 11.2. The van der Waals surface area contributed by atoms with Crippen molar-refractivity contribution in [2.24, 2.45) is 0 Å². The molecule has 0 radical (unpaired) electrons. The second-order valence-electron chi connectivity index (χ2n) is 4.22. The first-order valence-corrected chi connectivity index (χ1v) is 6.56. The van der Waals surface area contributed by atoms with Crippen LogP contribution in [-0.4, -0.2) is 5.78 Å². The molecule has 1 heterocycles. The lowest BCUT2D eigenvalue weighted by Crippen LogP contribution is -2.12. The van der Waals surface area contributed by atoms with E-state index in [1.54, 1.807) is 0 Å². The van der Waals surface area contributed by atoms with E-state index < -0.39 is 5.92 Å². The quantitative estimate of drug-likeness (QED) is 0.781. The van der Waals surface area contributed by atoms with Crippen LogP contribution in [0.4, 0.5) is 0 Å². The summed E-state index contributed by atoms with van der Waals surface area (Å²) in [7, 11) is 0. The summed E-state index contributed by atoms with van der Waals surface area (Å²) in [5.41, 5.74) is 2.73. The van der Waals surface area contributed by atoms with Crippen molar-refractivity contribution in [2.75, 3.05) is 0 Å². The molecule has 3 heteroatoms. The Hall–Kier alpha value is -1.92. The van der Waals surface area contributed by atoms with Crippen molar-refractivity contribution in [1.82, 2.24) is 0 Å². The van der Waals surface area contributed by atoms with Gasteiger partial charge in [-0.1, -0.05) is 24.3 Å². The van der Waals surface area contributed by atoms with Gasteiger partial charge in [0.05, 0.1) is 10.9 Å². The summed E-state index contributed by atoms with van der Waals surface area (Å²) in [6, 6.07) is 11.6. The van der Waals surface area contributed by atoms with E-state index in [1.165, 1.54) is 11.3 Å². The first-order valence-electron chi connectivity index (χ1n) is 5.68. The zero-order valence-corrected chi connectivity index (χ0v) is 11.1. The number of rotatable bonds is 3. The number of hydrogen-bond acceptors (Lipinski definition) is 3. The minimum absolute atomic E-state index is 0.0979. The van der Waals surface area contributed by atoms with Gasteiger partial charge in [0.1, 0.15) is 5.92 Å². The molecule has 0 saturated heterocycles. The molecule has 1 aromatic carbocycles. The van der Waals surface area contributed by atoms with Crippen LogP contribution in [0.2, 0.25) is 0 Å². The SMILES string of the molecule is Cc1ccccc1C(C#N)C(=O)c1sccc1C. The minimum Gasteiger partial charge on any atom is -0.291 e. The molecule has 0 fully saturated rings. The predicted molar refractivity (Wildman–Crippen MR) is 72.9 cm³/mol. The second kappa shape index (κ2) is 5.16. The molecule has 0 aliphatic rings. The Morgan fingerprint density at radius 2 is 1.94 bits per heavy atom. The predicted octanol–water partition coefficient (Wildman–Crippen LogP) is 3.86. The molecule has 2 nitrogen and oxygen atoms in total. The topological polar surface area (TPSA) is 40.9 Å². The number of hydrogen-bond donors (Lipinski definition) is 0. The van der Waals surface area contributed by atoms with Gasteiger partial charge in [-0.05, 0) is 42.0 Å². The fourth-order valence-electron chi connectivity index (χ4n) is 1.94. The molecule has 1 atom stereocenters. The van der Waals surface area contributed by atoms with E-state index in [1.807, 2.05) is 49.6 Å². The number of benzene rings is 1. The number of nitriles is 1. The molecule has 0 bridgehead atoms. The third-order valence-corrected chi connectivity index (χ3v) is 4.01. The molecule has 18 heavy (non-hydrogen) atoms. The van der Waals surface area contributed by atoms with E-state index in [0.717, 1.165) is 16.7 Å². The lowest BCUT2D eigenvalue weighted by Gasteiger charge is -2.10. The zero-order chi connectivity index (χ0) is 13.1. The third-order valence-electron chi connectivity index (χ3n) is 2.98.